The zero-order valence-corrected chi connectivity index (χ0v) is 18.3. The first-order chi connectivity index (χ1) is 14.0. The van der Waals surface area contributed by atoms with Gasteiger partial charge in [-0.25, -0.2) is 4.98 Å². The van der Waals surface area contributed by atoms with Crippen molar-refractivity contribution in [2.24, 2.45) is 0 Å². The molecule has 1 heterocycles. The Hall–Kier alpha value is -2.50. The monoisotopic (exact) mass is 418 g/mol. The first kappa shape index (κ1) is 19.8. The van der Waals surface area contributed by atoms with Gasteiger partial charge >= 0.3 is 0 Å². The summed E-state index contributed by atoms with van der Waals surface area (Å²) < 4.78 is 1.75. The van der Waals surface area contributed by atoms with Crippen molar-refractivity contribution in [3.05, 3.63) is 93.8 Å². The lowest BCUT2D eigenvalue weighted by atomic mass is 10.1. The van der Waals surface area contributed by atoms with Crippen LogP contribution in [-0.2, 0) is 5.75 Å². The molecule has 0 fully saturated rings. The van der Waals surface area contributed by atoms with Crippen molar-refractivity contribution >= 4 is 34.4 Å². The van der Waals surface area contributed by atoms with Gasteiger partial charge < -0.3 is 0 Å². The molecule has 0 N–H and O–H groups in total. The van der Waals surface area contributed by atoms with Crippen LogP contribution in [0.2, 0.25) is 0 Å². The van der Waals surface area contributed by atoms with Gasteiger partial charge in [0, 0.05) is 10.6 Å². The van der Waals surface area contributed by atoms with Crippen molar-refractivity contribution in [3.63, 3.8) is 0 Å². The van der Waals surface area contributed by atoms with Crippen LogP contribution in [-0.4, -0.2) is 15.8 Å². The molecular formula is C24H22N2OS2. The lowest BCUT2D eigenvalue weighted by molar-refractivity contribution is 0.818. The van der Waals surface area contributed by atoms with Crippen LogP contribution in [0.5, 0.6) is 0 Å². The minimum atomic E-state index is -0.0270. The first-order valence-electron chi connectivity index (χ1n) is 9.41. The van der Waals surface area contributed by atoms with E-state index in [0.29, 0.717) is 10.5 Å². The SMILES string of the molecule is CSc1ccc(CSc2nc3ccccc3c(=O)n2-c2cc(C)cc(C)c2)cc1. The molecule has 4 rings (SSSR count). The summed E-state index contributed by atoms with van der Waals surface area (Å²) in [6.45, 7) is 4.10. The molecule has 0 spiro atoms. The minimum Gasteiger partial charge on any atom is -0.268 e. The Labute approximate surface area is 179 Å². The zero-order chi connectivity index (χ0) is 20.4. The molecule has 0 amide bonds. The molecule has 29 heavy (non-hydrogen) atoms. The predicted octanol–water partition coefficient (Wildman–Crippen LogP) is 6.02. The lowest BCUT2D eigenvalue weighted by Gasteiger charge is -2.14. The molecule has 5 heteroatoms. The number of hydrogen-bond donors (Lipinski definition) is 0. The molecule has 0 bridgehead atoms. The number of benzene rings is 3. The van der Waals surface area contributed by atoms with E-state index in [1.54, 1.807) is 28.1 Å². The predicted molar refractivity (Wildman–Crippen MR) is 125 cm³/mol. The second-order valence-corrected chi connectivity index (χ2v) is 8.86. The van der Waals surface area contributed by atoms with E-state index < -0.39 is 0 Å². The van der Waals surface area contributed by atoms with E-state index in [4.69, 9.17) is 4.98 Å². The summed E-state index contributed by atoms with van der Waals surface area (Å²) in [7, 11) is 0. The lowest BCUT2D eigenvalue weighted by Crippen LogP contribution is -2.22. The highest BCUT2D eigenvalue weighted by atomic mass is 32.2. The summed E-state index contributed by atoms with van der Waals surface area (Å²) in [5.74, 6) is 0.754. The number of nitrogens with zero attached hydrogens (tertiary/aromatic N) is 2. The van der Waals surface area contributed by atoms with Gasteiger partial charge in [-0.1, -0.05) is 42.1 Å². The van der Waals surface area contributed by atoms with Crippen LogP contribution in [0.3, 0.4) is 0 Å². The van der Waals surface area contributed by atoms with E-state index in [0.717, 1.165) is 28.1 Å². The van der Waals surface area contributed by atoms with Crippen molar-refractivity contribution in [2.75, 3.05) is 6.26 Å². The quantitative estimate of drug-likeness (QED) is 0.293. The van der Waals surface area contributed by atoms with Gasteiger partial charge in [0.25, 0.3) is 5.56 Å². The largest absolute Gasteiger partial charge is 0.268 e. The Balaban J connectivity index is 1.81. The highest BCUT2D eigenvalue weighted by molar-refractivity contribution is 7.98. The van der Waals surface area contributed by atoms with E-state index in [-0.39, 0.29) is 5.56 Å². The van der Waals surface area contributed by atoms with Crippen LogP contribution in [0.25, 0.3) is 16.6 Å². The molecule has 146 valence electrons. The molecule has 4 aromatic rings. The van der Waals surface area contributed by atoms with Gasteiger partial charge in [0.1, 0.15) is 0 Å². The summed E-state index contributed by atoms with van der Waals surface area (Å²) in [4.78, 5) is 19.5. The molecule has 0 saturated carbocycles. The fourth-order valence-corrected chi connectivity index (χ4v) is 4.76. The van der Waals surface area contributed by atoms with Gasteiger partial charge in [-0.15, -0.1) is 11.8 Å². The molecule has 0 unspecified atom stereocenters. The fraction of sp³-hybridized carbons (Fsp3) is 0.167. The van der Waals surface area contributed by atoms with Gasteiger partial charge in [0.05, 0.1) is 16.6 Å². The smallest absolute Gasteiger partial charge is 0.266 e. The second kappa shape index (κ2) is 8.47. The number of para-hydroxylation sites is 1. The second-order valence-electron chi connectivity index (χ2n) is 7.03. The maximum absolute atomic E-state index is 13.4. The Morgan fingerprint density at radius 1 is 0.931 bits per heavy atom. The number of aromatic nitrogens is 2. The van der Waals surface area contributed by atoms with E-state index in [1.165, 1.54) is 10.5 Å². The average Bonchev–Trinajstić information content (AvgIpc) is 2.72. The van der Waals surface area contributed by atoms with Crippen LogP contribution < -0.4 is 5.56 Å². The number of aryl methyl sites for hydroxylation is 2. The fourth-order valence-electron chi connectivity index (χ4n) is 3.39. The molecule has 0 saturated heterocycles. The Morgan fingerprint density at radius 3 is 2.31 bits per heavy atom. The number of rotatable bonds is 5. The van der Waals surface area contributed by atoms with Crippen LogP contribution in [0.1, 0.15) is 16.7 Å². The first-order valence-corrected chi connectivity index (χ1v) is 11.6. The minimum absolute atomic E-state index is 0.0270. The van der Waals surface area contributed by atoms with Crippen LogP contribution in [0.15, 0.2) is 81.6 Å². The van der Waals surface area contributed by atoms with Gasteiger partial charge in [-0.2, -0.15) is 0 Å². The van der Waals surface area contributed by atoms with Crippen LogP contribution >= 0.6 is 23.5 Å². The summed E-state index contributed by atoms with van der Waals surface area (Å²) >= 11 is 3.33. The van der Waals surface area contributed by atoms with Gasteiger partial charge in [0.2, 0.25) is 0 Å². The maximum atomic E-state index is 13.4. The molecule has 0 radical (unpaired) electrons. The summed E-state index contributed by atoms with van der Waals surface area (Å²) in [5, 5.41) is 1.35. The third kappa shape index (κ3) is 4.26. The summed E-state index contributed by atoms with van der Waals surface area (Å²) in [6.07, 6.45) is 2.07. The molecule has 1 aromatic heterocycles. The Morgan fingerprint density at radius 2 is 1.62 bits per heavy atom. The van der Waals surface area contributed by atoms with E-state index >= 15 is 0 Å². The number of thioether (sulfide) groups is 2. The molecule has 0 aliphatic heterocycles. The Kier molecular flexibility index (Phi) is 5.79. The topological polar surface area (TPSA) is 34.9 Å². The third-order valence-corrected chi connectivity index (χ3v) is 6.49. The van der Waals surface area contributed by atoms with Crippen molar-refractivity contribution in [1.29, 1.82) is 0 Å². The number of hydrogen-bond acceptors (Lipinski definition) is 4. The normalized spacial score (nSPS) is 11.1. The standard InChI is InChI=1S/C24H22N2OS2/c1-16-12-17(2)14-19(13-16)26-23(27)21-6-4-5-7-22(21)25-24(26)29-15-18-8-10-20(28-3)11-9-18/h4-14H,15H2,1-3H3. The van der Waals surface area contributed by atoms with E-state index in [2.05, 4.69) is 50.4 Å². The molecule has 3 aromatic carbocycles. The third-order valence-electron chi connectivity index (χ3n) is 4.74. The Bertz CT molecular complexity index is 1210. The van der Waals surface area contributed by atoms with Crippen LogP contribution in [0.4, 0.5) is 0 Å². The molecule has 0 atom stereocenters. The van der Waals surface area contributed by atoms with Crippen molar-refractivity contribution in [2.45, 2.75) is 29.7 Å². The van der Waals surface area contributed by atoms with E-state index in [1.807, 2.05) is 36.4 Å². The highest BCUT2D eigenvalue weighted by Crippen LogP contribution is 2.26. The zero-order valence-electron chi connectivity index (χ0n) is 16.7. The molecule has 3 nitrogen and oxygen atoms in total. The number of fused-ring (bicyclic) bond motifs is 1. The summed E-state index contributed by atoms with van der Waals surface area (Å²) in [6, 6.07) is 22.3. The van der Waals surface area contributed by atoms with Crippen LogP contribution in [0, 0.1) is 13.8 Å². The van der Waals surface area contributed by atoms with Gasteiger partial charge in [0.15, 0.2) is 5.16 Å². The molecular weight excluding hydrogens is 396 g/mol. The van der Waals surface area contributed by atoms with Gasteiger partial charge in [-0.3, -0.25) is 9.36 Å². The molecule has 0 aliphatic rings. The summed E-state index contributed by atoms with van der Waals surface area (Å²) in [5.41, 5.74) is 5.04. The van der Waals surface area contributed by atoms with Crippen molar-refractivity contribution < 1.29 is 0 Å². The maximum Gasteiger partial charge on any atom is 0.266 e. The highest BCUT2D eigenvalue weighted by Gasteiger charge is 2.14. The van der Waals surface area contributed by atoms with Crippen molar-refractivity contribution in [3.8, 4) is 5.69 Å². The van der Waals surface area contributed by atoms with Crippen molar-refractivity contribution in [1.82, 2.24) is 9.55 Å². The average molecular weight is 419 g/mol. The van der Waals surface area contributed by atoms with E-state index in [9.17, 15) is 4.79 Å². The molecule has 0 aliphatic carbocycles. The van der Waals surface area contributed by atoms with Gasteiger partial charge in [-0.05, 0) is 73.2 Å².